The van der Waals surface area contributed by atoms with Crippen LogP contribution in [0, 0.1) is 13.8 Å². The number of carbonyl (C=O) groups is 1. The molecule has 4 heteroatoms. The minimum absolute atomic E-state index is 0.0474. The number of hydrogen-bond acceptors (Lipinski definition) is 3. The van der Waals surface area contributed by atoms with Gasteiger partial charge in [0.1, 0.15) is 0 Å². The standard InChI is InChI=1S/C14H19NO3/c1-9-3-4-11(5-10(9)2)6-14(18)15-7-12(16)13(17)8-15/h3-5,12-13,16-17H,6-8H2,1-2H3/t12-,13+. The van der Waals surface area contributed by atoms with Crippen LogP contribution in [0.5, 0.6) is 0 Å². The van der Waals surface area contributed by atoms with Crippen molar-refractivity contribution in [1.29, 1.82) is 0 Å². The molecular formula is C14H19NO3. The fourth-order valence-electron chi connectivity index (χ4n) is 2.17. The van der Waals surface area contributed by atoms with E-state index in [2.05, 4.69) is 0 Å². The summed E-state index contributed by atoms with van der Waals surface area (Å²) in [7, 11) is 0. The summed E-state index contributed by atoms with van der Waals surface area (Å²) in [4.78, 5) is 13.5. The van der Waals surface area contributed by atoms with Crippen molar-refractivity contribution in [3.05, 3.63) is 34.9 Å². The van der Waals surface area contributed by atoms with Crippen LogP contribution < -0.4 is 0 Å². The average molecular weight is 249 g/mol. The summed E-state index contributed by atoms with van der Waals surface area (Å²) < 4.78 is 0. The first-order valence-corrected chi connectivity index (χ1v) is 6.17. The number of hydrogen-bond donors (Lipinski definition) is 2. The van der Waals surface area contributed by atoms with Crippen LogP contribution in [0.4, 0.5) is 0 Å². The number of aliphatic hydroxyl groups excluding tert-OH is 2. The Balaban J connectivity index is 2.01. The number of rotatable bonds is 2. The molecule has 1 heterocycles. The van der Waals surface area contributed by atoms with Crippen molar-refractivity contribution in [3.63, 3.8) is 0 Å². The predicted octanol–water partition coefficient (Wildman–Crippen LogP) is 0.410. The maximum atomic E-state index is 12.0. The molecule has 18 heavy (non-hydrogen) atoms. The molecular weight excluding hydrogens is 230 g/mol. The molecule has 0 unspecified atom stereocenters. The van der Waals surface area contributed by atoms with Gasteiger partial charge < -0.3 is 15.1 Å². The van der Waals surface area contributed by atoms with Crippen molar-refractivity contribution in [3.8, 4) is 0 Å². The van der Waals surface area contributed by atoms with Gasteiger partial charge in [-0.2, -0.15) is 0 Å². The fraction of sp³-hybridized carbons (Fsp3) is 0.500. The quantitative estimate of drug-likeness (QED) is 0.798. The van der Waals surface area contributed by atoms with Gasteiger partial charge in [-0.05, 0) is 30.5 Å². The Bertz CT molecular complexity index is 448. The summed E-state index contributed by atoms with van der Waals surface area (Å²) in [5.74, 6) is -0.0474. The molecule has 2 N–H and O–H groups in total. The molecule has 0 radical (unpaired) electrons. The van der Waals surface area contributed by atoms with Crippen LogP contribution >= 0.6 is 0 Å². The monoisotopic (exact) mass is 249 g/mol. The second kappa shape index (κ2) is 5.08. The van der Waals surface area contributed by atoms with E-state index < -0.39 is 12.2 Å². The molecule has 1 aromatic carbocycles. The number of aliphatic hydroxyl groups is 2. The van der Waals surface area contributed by atoms with Gasteiger partial charge in [-0.1, -0.05) is 18.2 Å². The molecule has 1 aliphatic rings. The van der Waals surface area contributed by atoms with Gasteiger partial charge in [0.25, 0.3) is 0 Å². The molecule has 1 aliphatic heterocycles. The molecule has 1 amide bonds. The molecule has 2 atom stereocenters. The lowest BCUT2D eigenvalue weighted by Gasteiger charge is -2.15. The first-order chi connectivity index (χ1) is 8.47. The van der Waals surface area contributed by atoms with E-state index in [4.69, 9.17) is 0 Å². The minimum atomic E-state index is -0.811. The number of likely N-dealkylation sites (tertiary alicyclic amines) is 1. The number of aryl methyl sites for hydroxylation is 2. The Morgan fingerprint density at radius 3 is 2.39 bits per heavy atom. The van der Waals surface area contributed by atoms with Gasteiger partial charge in [0.15, 0.2) is 0 Å². The Morgan fingerprint density at radius 2 is 1.83 bits per heavy atom. The third kappa shape index (κ3) is 2.71. The maximum Gasteiger partial charge on any atom is 0.227 e. The summed E-state index contributed by atoms with van der Waals surface area (Å²) in [6, 6.07) is 5.96. The van der Waals surface area contributed by atoms with Crippen molar-refractivity contribution in [2.75, 3.05) is 13.1 Å². The predicted molar refractivity (Wildman–Crippen MR) is 68.2 cm³/mol. The molecule has 0 saturated carbocycles. The SMILES string of the molecule is Cc1ccc(CC(=O)N2C[C@@H](O)[C@@H](O)C2)cc1C. The van der Waals surface area contributed by atoms with Gasteiger partial charge in [-0.3, -0.25) is 4.79 Å². The second-order valence-corrected chi connectivity index (χ2v) is 5.03. The highest BCUT2D eigenvalue weighted by Crippen LogP contribution is 2.14. The zero-order valence-corrected chi connectivity index (χ0v) is 10.8. The molecule has 1 fully saturated rings. The minimum Gasteiger partial charge on any atom is -0.388 e. The van der Waals surface area contributed by atoms with Crippen LogP contribution in [0.15, 0.2) is 18.2 Å². The highest BCUT2D eigenvalue weighted by atomic mass is 16.3. The van der Waals surface area contributed by atoms with Gasteiger partial charge in [0.05, 0.1) is 18.6 Å². The Morgan fingerprint density at radius 1 is 1.22 bits per heavy atom. The van der Waals surface area contributed by atoms with E-state index >= 15 is 0 Å². The van der Waals surface area contributed by atoms with Crippen molar-refractivity contribution in [2.24, 2.45) is 0 Å². The zero-order chi connectivity index (χ0) is 13.3. The maximum absolute atomic E-state index is 12.0. The van der Waals surface area contributed by atoms with Crippen molar-refractivity contribution in [1.82, 2.24) is 4.90 Å². The van der Waals surface area contributed by atoms with E-state index in [1.54, 1.807) is 0 Å². The molecule has 0 aromatic heterocycles. The smallest absolute Gasteiger partial charge is 0.227 e. The summed E-state index contributed by atoms with van der Waals surface area (Å²) in [5, 5.41) is 18.8. The average Bonchev–Trinajstić information content (AvgIpc) is 2.65. The zero-order valence-electron chi connectivity index (χ0n) is 10.8. The molecule has 98 valence electrons. The van der Waals surface area contributed by atoms with Crippen LogP contribution in [-0.4, -0.2) is 46.3 Å². The van der Waals surface area contributed by atoms with Gasteiger partial charge in [-0.25, -0.2) is 0 Å². The van der Waals surface area contributed by atoms with E-state index in [9.17, 15) is 15.0 Å². The fourth-order valence-corrected chi connectivity index (χ4v) is 2.17. The van der Waals surface area contributed by atoms with Crippen LogP contribution in [-0.2, 0) is 11.2 Å². The molecule has 0 spiro atoms. The molecule has 1 aromatic rings. The normalized spacial score (nSPS) is 23.4. The largest absolute Gasteiger partial charge is 0.388 e. The number of carbonyl (C=O) groups excluding carboxylic acids is 1. The van der Waals surface area contributed by atoms with Crippen LogP contribution in [0.25, 0.3) is 0 Å². The van der Waals surface area contributed by atoms with Gasteiger partial charge in [0.2, 0.25) is 5.91 Å². The Kier molecular flexibility index (Phi) is 3.68. The first kappa shape index (κ1) is 13.1. The summed E-state index contributed by atoms with van der Waals surface area (Å²) >= 11 is 0. The molecule has 4 nitrogen and oxygen atoms in total. The van der Waals surface area contributed by atoms with E-state index in [0.717, 1.165) is 5.56 Å². The van der Waals surface area contributed by atoms with Crippen LogP contribution in [0.3, 0.4) is 0 Å². The summed E-state index contributed by atoms with van der Waals surface area (Å²) in [6.45, 7) is 4.51. The third-order valence-corrected chi connectivity index (χ3v) is 3.54. The molecule has 0 bridgehead atoms. The van der Waals surface area contributed by atoms with Crippen LogP contribution in [0.1, 0.15) is 16.7 Å². The van der Waals surface area contributed by atoms with Gasteiger partial charge in [-0.15, -0.1) is 0 Å². The summed E-state index contributed by atoms with van der Waals surface area (Å²) in [6.07, 6.45) is -1.30. The number of β-amino-alcohol motifs (C(OH)–C–C–N with tert-alkyl or cyclic N) is 2. The lowest BCUT2D eigenvalue weighted by molar-refractivity contribution is -0.129. The van der Waals surface area contributed by atoms with E-state index in [0.29, 0.717) is 6.42 Å². The van der Waals surface area contributed by atoms with Crippen molar-refractivity contribution < 1.29 is 15.0 Å². The van der Waals surface area contributed by atoms with E-state index in [1.807, 2.05) is 32.0 Å². The second-order valence-electron chi connectivity index (χ2n) is 5.03. The van der Waals surface area contributed by atoms with Crippen molar-refractivity contribution >= 4 is 5.91 Å². The lowest BCUT2D eigenvalue weighted by atomic mass is 10.0. The number of benzene rings is 1. The first-order valence-electron chi connectivity index (χ1n) is 6.17. The highest BCUT2D eigenvalue weighted by molar-refractivity contribution is 5.79. The third-order valence-electron chi connectivity index (χ3n) is 3.54. The Hall–Kier alpha value is -1.39. The number of nitrogens with zero attached hydrogens (tertiary/aromatic N) is 1. The topological polar surface area (TPSA) is 60.8 Å². The lowest BCUT2D eigenvalue weighted by Crippen LogP contribution is -2.31. The van der Waals surface area contributed by atoms with Gasteiger partial charge in [0, 0.05) is 13.1 Å². The van der Waals surface area contributed by atoms with Gasteiger partial charge >= 0.3 is 0 Å². The number of amides is 1. The highest BCUT2D eigenvalue weighted by Gasteiger charge is 2.32. The molecule has 1 saturated heterocycles. The van der Waals surface area contributed by atoms with E-state index in [-0.39, 0.29) is 19.0 Å². The molecule has 2 rings (SSSR count). The van der Waals surface area contributed by atoms with Crippen molar-refractivity contribution in [2.45, 2.75) is 32.5 Å². The summed E-state index contributed by atoms with van der Waals surface area (Å²) in [5.41, 5.74) is 3.35. The van der Waals surface area contributed by atoms with Crippen LogP contribution in [0.2, 0.25) is 0 Å². The van der Waals surface area contributed by atoms with E-state index in [1.165, 1.54) is 16.0 Å². The molecule has 0 aliphatic carbocycles. The Labute approximate surface area is 107 Å².